The van der Waals surface area contributed by atoms with Gasteiger partial charge in [-0.05, 0) is 55.0 Å². The number of nitrogens with zero attached hydrogens (tertiary/aromatic N) is 1. The minimum absolute atomic E-state index is 0.00864. The lowest BCUT2D eigenvalue weighted by Gasteiger charge is -2.10. The quantitative estimate of drug-likeness (QED) is 0.686. The van der Waals surface area contributed by atoms with Crippen molar-refractivity contribution in [1.29, 1.82) is 0 Å². The molecule has 0 bridgehead atoms. The fourth-order valence-corrected chi connectivity index (χ4v) is 2.79. The van der Waals surface area contributed by atoms with Crippen LogP contribution in [0.4, 0.5) is 4.39 Å². The molecule has 0 saturated carbocycles. The first-order valence-corrected chi connectivity index (χ1v) is 9.28. The lowest BCUT2D eigenvalue weighted by atomic mass is 10.1. The van der Waals surface area contributed by atoms with E-state index in [1.807, 2.05) is 18.2 Å². The zero-order valence-corrected chi connectivity index (χ0v) is 16.0. The number of amides is 2. The monoisotopic (exact) mass is 370 g/mol. The average molecular weight is 370 g/mol. The van der Waals surface area contributed by atoms with Crippen molar-refractivity contribution in [2.24, 2.45) is 0 Å². The fraction of sp³-hybridized carbons (Fsp3) is 0.364. The minimum Gasteiger partial charge on any atom is -0.356 e. The van der Waals surface area contributed by atoms with E-state index in [-0.39, 0.29) is 17.6 Å². The fourth-order valence-electron chi connectivity index (χ4n) is 2.79. The number of benzene rings is 2. The van der Waals surface area contributed by atoms with Crippen LogP contribution in [-0.2, 0) is 17.6 Å². The van der Waals surface area contributed by atoms with Crippen LogP contribution in [0.25, 0.3) is 0 Å². The first-order chi connectivity index (χ1) is 13.0. The number of hydrogen-bond donors (Lipinski definition) is 1. The Morgan fingerprint density at radius 3 is 2.33 bits per heavy atom. The Morgan fingerprint density at radius 1 is 0.963 bits per heavy atom. The van der Waals surface area contributed by atoms with Crippen molar-refractivity contribution >= 4 is 11.8 Å². The van der Waals surface area contributed by atoms with Crippen LogP contribution in [0.1, 0.15) is 40.7 Å². The van der Waals surface area contributed by atoms with E-state index in [2.05, 4.69) is 5.32 Å². The Kier molecular flexibility index (Phi) is 7.99. The topological polar surface area (TPSA) is 49.4 Å². The number of aryl methyl sites for hydroxylation is 2. The van der Waals surface area contributed by atoms with Crippen molar-refractivity contribution in [1.82, 2.24) is 10.2 Å². The van der Waals surface area contributed by atoms with E-state index in [1.54, 1.807) is 38.4 Å². The highest BCUT2D eigenvalue weighted by Gasteiger charge is 2.08. The highest BCUT2D eigenvalue weighted by atomic mass is 19.1. The molecule has 0 aliphatic carbocycles. The van der Waals surface area contributed by atoms with Gasteiger partial charge in [0, 0.05) is 32.6 Å². The van der Waals surface area contributed by atoms with Crippen LogP contribution < -0.4 is 5.32 Å². The normalized spacial score (nSPS) is 10.5. The van der Waals surface area contributed by atoms with E-state index in [0.717, 1.165) is 24.0 Å². The van der Waals surface area contributed by atoms with Gasteiger partial charge in [-0.1, -0.05) is 30.3 Å². The predicted octanol–water partition coefficient (Wildman–Crippen LogP) is 3.60. The molecule has 0 atom stereocenters. The number of carbonyl (C=O) groups is 2. The summed E-state index contributed by atoms with van der Waals surface area (Å²) in [6.45, 7) is 0.601. The molecule has 0 spiro atoms. The van der Waals surface area contributed by atoms with Crippen molar-refractivity contribution < 1.29 is 14.0 Å². The molecule has 0 unspecified atom stereocenters. The van der Waals surface area contributed by atoms with Crippen LogP contribution in [-0.4, -0.2) is 37.4 Å². The van der Waals surface area contributed by atoms with Crippen molar-refractivity contribution in [2.45, 2.75) is 32.1 Å². The number of rotatable bonds is 9. The maximum atomic E-state index is 13.5. The molecule has 0 radical (unpaired) electrons. The molecule has 0 aromatic heterocycles. The molecular formula is C22H27FN2O2. The second kappa shape index (κ2) is 10.5. The molecule has 0 aliphatic rings. The summed E-state index contributed by atoms with van der Waals surface area (Å²) < 4.78 is 13.5. The van der Waals surface area contributed by atoms with Crippen LogP contribution in [0, 0.1) is 5.82 Å². The SMILES string of the molecule is CN(C)C(=O)c1ccc(CCC(=O)NCCCCc2ccccc2F)cc1. The van der Waals surface area contributed by atoms with Crippen molar-refractivity contribution in [3.05, 3.63) is 71.0 Å². The van der Waals surface area contributed by atoms with E-state index in [9.17, 15) is 14.0 Å². The molecule has 2 rings (SSSR count). The standard InChI is InChI=1S/C22H27FN2O2/c1-25(2)22(27)19-13-10-17(11-14-19)12-15-21(26)24-16-6-5-8-18-7-3-4-9-20(18)23/h3-4,7,9-11,13-14H,5-6,8,12,15-16H2,1-2H3,(H,24,26). The first kappa shape index (κ1) is 20.6. The summed E-state index contributed by atoms with van der Waals surface area (Å²) in [6, 6.07) is 14.1. The molecule has 0 heterocycles. The number of carbonyl (C=O) groups excluding carboxylic acids is 2. The molecule has 27 heavy (non-hydrogen) atoms. The predicted molar refractivity (Wildman–Crippen MR) is 105 cm³/mol. The Labute approximate surface area is 160 Å². The second-order valence-electron chi connectivity index (χ2n) is 6.79. The van der Waals surface area contributed by atoms with E-state index in [1.165, 1.54) is 11.0 Å². The van der Waals surface area contributed by atoms with Crippen LogP contribution in [0.3, 0.4) is 0 Å². The van der Waals surface area contributed by atoms with E-state index in [4.69, 9.17) is 0 Å². The van der Waals surface area contributed by atoms with Gasteiger partial charge in [0.1, 0.15) is 5.82 Å². The third-order valence-electron chi connectivity index (χ3n) is 4.40. The van der Waals surface area contributed by atoms with E-state index in [0.29, 0.717) is 31.4 Å². The van der Waals surface area contributed by atoms with Crippen molar-refractivity contribution in [3.63, 3.8) is 0 Å². The van der Waals surface area contributed by atoms with Gasteiger partial charge in [0.05, 0.1) is 0 Å². The molecule has 0 fully saturated rings. The lowest BCUT2D eigenvalue weighted by molar-refractivity contribution is -0.121. The summed E-state index contributed by atoms with van der Waals surface area (Å²) >= 11 is 0. The van der Waals surface area contributed by atoms with Gasteiger partial charge in [-0.25, -0.2) is 4.39 Å². The largest absolute Gasteiger partial charge is 0.356 e. The number of unbranched alkanes of at least 4 members (excludes halogenated alkanes) is 1. The van der Waals surface area contributed by atoms with Gasteiger partial charge in [0.15, 0.2) is 0 Å². The molecule has 1 N–H and O–H groups in total. The maximum Gasteiger partial charge on any atom is 0.253 e. The molecule has 2 aromatic carbocycles. The first-order valence-electron chi connectivity index (χ1n) is 9.28. The Morgan fingerprint density at radius 2 is 1.67 bits per heavy atom. The zero-order valence-electron chi connectivity index (χ0n) is 16.0. The zero-order chi connectivity index (χ0) is 19.6. The minimum atomic E-state index is -0.167. The Hall–Kier alpha value is -2.69. The Bertz CT molecular complexity index is 757. The highest BCUT2D eigenvalue weighted by molar-refractivity contribution is 5.93. The third-order valence-corrected chi connectivity index (χ3v) is 4.40. The summed E-state index contributed by atoms with van der Waals surface area (Å²) in [5, 5.41) is 2.90. The van der Waals surface area contributed by atoms with Crippen molar-refractivity contribution in [3.8, 4) is 0 Å². The van der Waals surface area contributed by atoms with Gasteiger partial charge in [0.2, 0.25) is 5.91 Å². The third kappa shape index (κ3) is 6.85. The Balaban J connectivity index is 1.63. The van der Waals surface area contributed by atoms with Gasteiger partial charge in [-0.3, -0.25) is 9.59 Å². The number of nitrogens with one attached hydrogen (secondary N) is 1. The van der Waals surface area contributed by atoms with Crippen LogP contribution in [0.2, 0.25) is 0 Å². The van der Waals surface area contributed by atoms with E-state index >= 15 is 0 Å². The summed E-state index contributed by atoms with van der Waals surface area (Å²) in [6.07, 6.45) is 3.39. The van der Waals surface area contributed by atoms with E-state index < -0.39 is 0 Å². The molecule has 2 amide bonds. The molecule has 144 valence electrons. The van der Waals surface area contributed by atoms with Crippen molar-refractivity contribution in [2.75, 3.05) is 20.6 Å². The van der Waals surface area contributed by atoms with Gasteiger partial charge in [0.25, 0.3) is 5.91 Å². The number of hydrogen-bond acceptors (Lipinski definition) is 2. The summed E-state index contributed by atoms with van der Waals surface area (Å²) in [5.74, 6) is -0.191. The van der Waals surface area contributed by atoms with Crippen LogP contribution in [0.5, 0.6) is 0 Å². The average Bonchev–Trinajstić information content (AvgIpc) is 2.67. The summed E-state index contributed by atoms with van der Waals surface area (Å²) in [7, 11) is 3.44. The van der Waals surface area contributed by atoms with Gasteiger partial charge >= 0.3 is 0 Å². The molecule has 2 aromatic rings. The van der Waals surface area contributed by atoms with Crippen LogP contribution >= 0.6 is 0 Å². The molecular weight excluding hydrogens is 343 g/mol. The van der Waals surface area contributed by atoms with Gasteiger partial charge < -0.3 is 10.2 Å². The van der Waals surface area contributed by atoms with Gasteiger partial charge in [-0.2, -0.15) is 0 Å². The lowest BCUT2D eigenvalue weighted by Crippen LogP contribution is -2.24. The molecule has 5 heteroatoms. The molecule has 4 nitrogen and oxygen atoms in total. The number of halogens is 1. The maximum absolute atomic E-state index is 13.5. The smallest absolute Gasteiger partial charge is 0.253 e. The summed E-state index contributed by atoms with van der Waals surface area (Å²) in [5.41, 5.74) is 2.39. The van der Waals surface area contributed by atoms with Gasteiger partial charge in [-0.15, -0.1) is 0 Å². The highest BCUT2D eigenvalue weighted by Crippen LogP contribution is 2.10. The second-order valence-corrected chi connectivity index (χ2v) is 6.79. The molecule has 0 saturated heterocycles. The summed E-state index contributed by atoms with van der Waals surface area (Å²) in [4.78, 5) is 25.3. The molecule has 0 aliphatic heterocycles. The van der Waals surface area contributed by atoms with Crippen LogP contribution in [0.15, 0.2) is 48.5 Å².